The van der Waals surface area contributed by atoms with Crippen molar-refractivity contribution >= 4 is 23.2 Å². The van der Waals surface area contributed by atoms with E-state index in [1.807, 2.05) is 0 Å². The van der Waals surface area contributed by atoms with Gasteiger partial charge in [-0.05, 0) is 25.0 Å². The van der Waals surface area contributed by atoms with Crippen LogP contribution in [0.4, 0.5) is 10.3 Å². The molecule has 0 aliphatic heterocycles. The molecule has 3 N–H and O–H groups in total. The van der Waals surface area contributed by atoms with E-state index in [4.69, 9.17) is 5.73 Å². The molecule has 144 valence electrons. The fourth-order valence-electron chi connectivity index (χ4n) is 3.26. The van der Waals surface area contributed by atoms with Crippen LogP contribution in [-0.4, -0.2) is 37.6 Å². The number of thiazole rings is 1. The van der Waals surface area contributed by atoms with Gasteiger partial charge in [-0.25, -0.2) is 14.4 Å². The van der Waals surface area contributed by atoms with E-state index in [2.05, 4.69) is 30.5 Å². The van der Waals surface area contributed by atoms with Crippen LogP contribution in [0.5, 0.6) is 0 Å². The van der Waals surface area contributed by atoms with Crippen LogP contribution < -0.4 is 11.1 Å². The Bertz CT molecular complexity index is 988. The third kappa shape index (κ3) is 3.68. The summed E-state index contributed by atoms with van der Waals surface area (Å²) in [5.41, 5.74) is 5.85. The van der Waals surface area contributed by atoms with Crippen LogP contribution in [0, 0.1) is 5.82 Å². The molecule has 0 saturated heterocycles. The zero-order valence-corrected chi connectivity index (χ0v) is 15.7. The van der Waals surface area contributed by atoms with Crippen molar-refractivity contribution in [2.24, 2.45) is 5.73 Å². The summed E-state index contributed by atoms with van der Waals surface area (Å²) in [6.45, 7) is 0.488. The average molecular weight is 399 g/mol. The molecule has 8 nitrogen and oxygen atoms in total. The van der Waals surface area contributed by atoms with Crippen LogP contribution in [-0.2, 0) is 16.6 Å². The second-order valence-corrected chi connectivity index (χ2v) is 7.88. The SMILES string of the molecule is NC(=O)Cc1cnc(-c2cnc(NCC3(c4ncccc4F)CCC3)nn2)s1. The summed E-state index contributed by atoms with van der Waals surface area (Å²) < 4.78 is 14.2. The molecule has 28 heavy (non-hydrogen) atoms. The Morgan fingerprint density at radius 2 is 2.11 bits per heavy atom. The first-order valence-corrected chi connectivity index (χ1v) is 9.65. The van der Waals surface area contributed by atoms with Gasteiger partial charge in [-0.15, -0.1) is 21.5 Å². The fourth-order valence-corrected chi connectivity index (χ4v) is 4.13. The Hall–Kier alpha value is -3.01. The summed E-state index contributed by atoms with van der Waals surface area (Å²) in [4.78, 5) is 24.5. The highest BCUT2D eigenvalue weighted by Crippen LogP contribution is 2.43. The molecular formula is C18H18FN7OS. The molecule has 1 fully saturated rings. The number of nitrogens with one attached hydrogen (secondary N) is 1. The lowest BCUT2D eigenvalue weighted by Crippen LogP contribution is -2.42. The van der Waals surface area contributed by atoms with Gasteiger partial charge in [0, 0.05) is 29.2 Å². The third-order valence-corrected chi connectivity index (χ3v) is 5.86. The first-order valence-electron chi connectivity index (χ1n) is 8.84. The highest BCUT2D eigenvalue weighted by molar-refractivity contribution is 7.15. The maximum absolute atomic E-state index is 14.2. The zero-order valence-electron chi connectivity index (χ0n) is 14.9. The number of halogens is 1. The number of primary amides is 1. The molecule has 3 aromatic rings. The normalized spacial score (nSPS) is 15.0. The molecule has 3 aromatic heterocycles. The fraction of sp³-hybridized carbons (Fsp3) is 0.333. The lowest BCUT2D eigenvalue weighted by molar-refractivity contribution is -0.117. The number of hydrogen-bond acceptors (Lipinski definition) is 8. The number of carbonyl (C=O) groups is 1. The summed E-state index contributed by atoms with van der Waals surface area (Å²) >= 11 is 1.32. The van der Waals surface area contributed by atoms with Crippen LogP contribution in [0.2, 0.25) is 0 Å². The maximum Gasteiger partial charge on any atom is 0.242 e. The van der Waals surface area contributed by atoms with Crippen molar-refractivity contribution in [1.82, 2.24) is 25.1 Å². The molecule has 0 unspecified atom stereocenters. The minimum Gasteiger partial charge on any atom is -0.369 e. The van der Waals surface area contributed by atoms with Gasteiger partial charge in [0.2, 0.25) is 11.9 Å². The first kappa shape index (κ1) is 18.4. The number of carbonyl (C=O) groups excluding carboxylic acids is 1. The van der Waals surface area contributed by atoms with Crippen LogP contribution in [0.3, 0.4) is 0 Å². The van der Waals surface area contributed by atoms with E-state index >= 15 is 0 Å². The highest BCUT2D eigenvalue weighted by Gasteiger charge is 2.41. The molecule has 0 radical (unpaired) electrons. The predicted octanol–water partition coefficient (Wildman–Crippen LogP) is 2.09. The van der Waals surface area contributed by atoms with Crippen molar-refractivity contribution < 1.29 is 9.18 Å². The lowest BCUT2D eigenvalue weighted by atomic mass is 9.66. The molecule has 0 bridgehead atoms. The molecule has 3 heterocycles. The van der Waals surface area contributed by atoms with Crippen molar-refractivity contribution in [3.63, 3.8) is 0 Å². The zero-order chi connectivity index (χ0) is 19.6. The van der Waals surface area contributed by atoms with Crippen LogP contribution in [0.15, 0.2) is 30.7 Å². The van der Waals surface area contributed by atoms with Gasteiger partial charge in [-0.2, -0.15) is 0 Å². The van der Waals surface area contributed by atoms with Crippen molar-refractivity contribution in [3.8, 4) is 10.7 Å². The van der Waals surface area contributed by atoms with Gasteiger partial charge in [0.25, 0.3) is 0 Å². The molecule has 1 saturated carbocycles. The molecular weight excluding hydrogens is 381 g/mol. The van der Waals surface area contributed by atoms with Crippen LogP contribution in [0.25, 0.3) is 10.7 Å². The Kier molecular flexibility index (Phi) is 4.95. The second kappa shape index (κ2) is 7.55. The number of hydrogen-bond donors (Lipinski definition) is 2. The minimum absolute atomic E-state index is 0.143. The maximum atomic E-state index is 14.2. The van der Waals surface area contributed by atoms with E-state index < -0.39 is 5.91 Å². The molecule has 1 aliphatic rings. The largest absolute Gasteiger partial charge is 0.369 e. The van der Waals surface area contributed by atoms with E-state index in [1.54, 1.807) is 24.7 Å². The molecule has 1 aliphatic carbocycles. The molecule has 1 amide bonds. The van der Waals surface area contributed by atoms with Gasteiger partial charge in [-0.3, -0.25) is 9.78 Å². The molecule has 4 rings (SSSR count). The monoisotopic (exact) mass is 399 g/mol. The number of rotatable bonds is 7. The number of aromatic nitrogens is 5. The van der Waals surface area contributed by atoms with Gasteiger partial charge in [0.05, 0.1) is 18.3 Å². The third-order valence-electron chi connectivity index (χ3n) is 4.84. The molecule has 10 heteroatoms. The van der Waals surface area contributed by atoms with Gasteiger partial charge >= 0.3 is 0 Å². The predicted molar refractivity (Wildman–Crippen MR) is 102 cm³/mol. The summed E-state index contributed by atoms with van der Waals surface area (Å²) in [6.07, 6.45) is 7.68. The molecule has 0 aromatic carbocycles. The van der Waals surface area contributed by atoms with E-state index in [-0.39, 0.29) is 17.7 Å². The number of anilines is 1. The van der Waals surface area contributed by atoms with E-state index in [0.717, 1.165) is 24.1 Å². The Balaban J connectivity index is 1.44. The summed E-state index contributed by atoms with van der Waals surface area (Å²) in [6, 6.07) is 3.04. The number of amides is 1. The number of pyridine rings is 1. The van der Waals surface area contributed by atoms with E-state index in [0.29, 0.717) is 28.9 Å². The highest BCUT2D eigenvalue weighted by atomic mass is 32.1. The van der Waals surface area contributed by atoms with Crippen molar-refractivity contribution in [2.45, 2.75) is 31.1 Å². The number of nitrogens with zero attached hydrogens (tertiary/aromatic N) is 5. The summed E-state index contributed by atoms with van der Waals surface area (Å²) in [5.74, 6) is -0.331. The second-order valence-electron chi connectivity index (χ2n) is 6.76. The topological polar surface area (TPSA) is 120 Å². The van der Waals surface area contributed by atoms with Crippen LogP contribution >= 0.6 is 11.3 Å². The van der Waals surface area contributed by atoms with Gasteiger partial charge in [-0.1, -0.05) is 6.42 Å². The van der Waals surface area contributed by atoms with Crippen molar-refractivity contribution in [1.29, 1.82) is 0 Å². The minimum atomic E-state index is -0.409. The van der Waals surface area contributed by atoms with E-state index in [1.165, 1.54) is 17.4 Å². The first-order chi connectivity index (χ1) is 13.6. The summed E-state index contributed by atoms with van der Waals surface area (Å²) in [7, 11) is 0. The quantitative estimate of drug-likeness (QED) is 0.624. The Morgan fingerprint density at radius 3 is 2.75 bits per heavy atom. The smallest absolute Gasteiger partial charge is 0.242 e. The molecule has 0 atom stereocenters. The van der Waals surface area contributed by atoms with Gasteiger partial charge < -0.3 is 11.1 Å². The average Bonchev–Trinajstić information content (AvgIpc) is 3.10. The Morgan fingerprint density at radius 1 is 1.25 bits per heavy atom. The van der Waals surface area contributed by atoms with Gasteiger partial charge in [0.15, 0.2) is 0 Å². The summed E-state index contributed by atoms with van der Waals surface area (Å²) in [5, 5.41) is 12.0. The van der Waals surface area contributed by atoms with Crippen molar-refractivity contribution in [2.75, 3.05) is 11.9 Å². The standard InChI is InChI=1S/C18H18FN7OS/c19-12-3-1-6-21-15(12)18(4-2-5-18)10-24-17-23-9-13(25-26-17)16-22-8-11(28-16)7-14(20)27/h1,3,6,8-9H,2,4-5,7,10H2,(H2,20,27)(H,23,24,26). The Labute approximate surface area is 164 Å². The number of nitrogens with two attached hydrogens (primary N) is 1. The van der Waals surface area contributed by atoms with Crippen LogP contribution in [0.1, 0.15) is 29.8 Å². The van der Waals surface area contributed by atoms with Gasteiger partial charge in [0.1, 0.15) is 16.5 Å². The van der Waals surface area contributed by atoms with E-state index in [9.17, 15) is 9.18 Å². The lowest BCUT2D eigenvalue weighted by Gasteiger charge is -2.41. The van der Waals surface area contributed by atoms with Crippen molar-refractivity contribution in [3.05, 3.63) is 47.1 Å². The molecule has 0 spiro atoms.